The average molecular weight is 1030 g/mol. The minimum atomic E-state index is -0.775. The van der Waals surface area contributed by atoms with Gasteiger partial charge in [-0.15, -0.1) is 0 Å². The minimum Gasteiger partial charge on any atom is -0.462 e. The highest BCUT2D eigenvalue weighted by molar-refractivity contribution is 5.71. The van der Waals surface area contributed by atoms with Crippen molar-refractivity contribution in [2.24, 2.45) is 0 Å². The molecule has 0 aliphatic rings. The molecule has 0 radical (unpaired) electrons. The molecule has 0 heterocycles. The summed E-state index contributed by atoms with van der Waals surface area (Å²) < 4.78 is 16.9. The van der Waals surface area contributed by atoms with E-state index in [0.29, 0.717) is 19.3 Å². The third-order valence-corrected chi connectivity index (χ3v) is 14.6. The van der Waals surface area contributed by atoms with Gasteiger partial charge in [-0.05, 0) is 70.6 Å². The lowest BCUT2D eigenvalue weighted by atomic mass is 10.0. The fraction of sp³-hybridized carbons (Fsp3) is 0.866. The maximum atomic E-state index is 12.9. The Hall–Kier alpha value is -2.37. The quantitative estimate of drug-likeness (QED) is 0.0261. The van der Waals surface area contributed by atoms with Crippen molar-refractivity contribution in [2.45, 2.75) is 361 Å². The zero-order valence-corrected chi connectivity index (χ0v) is 49.2. The lowest BCUT2D eigenvalue weighted by molar-refractivity contribution is -0.167. The molecule has 0 aliphatic carbocycles. The summed E-state index contributed by atoms with van der Waals surface area (Å²) in [4.78, 5) is 38.3. The van der Waals surface area contributed by atoms with Gasteiger partial charge in [0.2, 0.25) is 0 Å². The molecule has 0 amide bonds. The zero-order chi connectivity index (χ0) is 52.9. The fourth-order valence-electron chi connectivity index (χ4n) is 9.71. The van der Waals surface area contributed by atoms with Gasteiger partial charge in [0.15, 0.2) is 6.10 Å². The van der Waals surface area contributed by atoms with Gasteiger partial charge in [-0.1, -0.05) is 301 Å². The molecule has 1 atom stereocenters. The van der Waals surface area contributed by atoms with Crippen molar-refractivity contribution in [1.82, 2.24) is 0 Å². The van der Waals surface area contributed by atoms with Gasteiger partial charge in [0, 0.05) is 19.3 Å². The zero-order valence-electron chi connectivity index (χ0n) is 49.2. The summed E-state index contributed by atoms with van der Waals surface area (Å²) >= 11 is 0. The molecule has 73 heavy (non-hydrogen) atoms. The van der Waals surface area contributed by atoms with E-state index >= 15 is 0 Å². The molecule has 0 N–H and O–H groups in total. The lowest BCUT2D eigenvalue weighted by Crippen LogP contribution is -2.30. The lowest BCUT2D eigenvalue weighted by Gasteiger charge is -2.18. The molecule has 0 aliphatic heterocycles. The Bertz CT molecular complexity index is 1220. The van der Waals surface area contributed by atoms with Crippen LogP contribution in [0.15, 0.2) is 36.5 Å². The SMILES string of the molecule is CCC/C=C\C/C=C\CCCCCCCC(=O)OCC(COC(=O)CCCCCCCCCCCCCCC/C=C\CCCCCCCCCC)OC(=O)CCCCCCCCCCCCCCCCCCC. The average Bonchev–Trinajstić information content (AvgIpc) is 3.39. The Morgan fingerprint density at radius 1 is 0.274 bits per heavy atom. The molecular formula is C67H124O6. The first-order valence-electron chi connectivity index (χ1n) is 32.5. The smallest absolute Gasteiger partial charge is 0.306 e. The van der Waals surface area contributed by atoms with Crippen LogP contribution in [0.25, 0.3) is 0 Å². The van der Waals surface area contributed by atoms with E-state index in [2.05, 4.69) is 57.2 Å². The summed E-state index contributed by atoms with van der Waals surface area (Å²) in [5.74, 6) is -0.864. The van der Waals surface area contributed by atoms with Gasteiger partial charge in [-0.3, -0.25) is 14.4 Å². The Morgan fingerprint density at radius 2 is 0.521 bits per heavy atom. The van der Waals surface area contributed by atoms with Crippen LogP contribution in [0, 0.1) is 0 Å². The summed E-state index contributed by atoms with van der Waals surface area (Å²) in [6.45, 7) is 6.62. The van der Waals surface area contributed by atoms with E-state index in [1.807, 2.05) is 0 Å². The van der Waals surface area contributed by atoms with Crippen molar-refractivity contribution < 1.29 is 28.6 Å². The Balaban J connectivity index is 4.24. The van der Waals surface area contributed by atoms with Crippen LogP contribution in [-0.4, -0.2) is 37.2 Å². The minimum absolute atomic E-state index is 0.0723. The number of carbonyl (C=O) groups is 3. The maximum absolute atomic E-state index is 12.9. The molecule has 1 unspecified atom stereocenters. The molecule has 0 spiro atoms. The van der Waals surface area contributed by atoms with E-state index in [1.54, 1.807) is 0 Å². The normalized spacial score (nSPS) is 12.2. The van der Waals surface area contributed by atoms with Crippen LogP contribution in [0.4, 0.5) is 0 Å². The van der Waals surface area contributed by atoms with Crippen molar-refractivity contribution in [3.8, 4) is 0 Å². The van der Waals surface area contributed by atoms with Crippen molar-refractivity contribution in [2.75, 3.05) is 13.2 Å². The fourth-order valence-corrected chi connectivity index (χ4v) is 9.71. The van der Waals surface area contributed by atoms with Gasteiger partial charge in [0.1, 0.15) is 13.2 Å². The molecule has 0 rings (SSSR count). The standard InChI is InChI=1S/C67H124O6/c1-4-7-10-13-16-19-22-25-27-29-30-31-32-33-34-35-36-38-39-42-45-48-51-54-57-60-66(69)72-63-64(62-71-65(68)59-56-53-50-47-44-41-24-21-18-15-12-9-6-3)73-67(70)61-58-55-52-49-46-43-40-37-28-26-23-20-17-14-11-8-5-2/h12,15,21,24,29-30,64H,4-11,13-14,16-20,22-23,25-28,31-63H2,1-3H3/b15-12-,24-21-,30-29-. The van der Waals surface area contributed by atoms with Crippen LogP contribution in [0.3, 0.4) is 0 Å². The molecule has 428 valence electrons. The highest BCUT2D eigenvalue weighted by Gasteiger charge is 2.19. The second-order valence-corrected chi connectivity index (χ2v) is 22.0. The van der Waals surface area contributed by atoms with Crippen molar-refractivity contribution >= 4 is 17.9 Å². The number of unbranched alkanes of at least 4 members (excludes halogenated alkanes) is 43. The topological polar surface area (TPSA) is 78.9 Å². The molecule has 0 fully saturated rings. The molecule has 0 saturated heterocycles. The van der Waals surface area contributed by atoms with E-state index in [0.717, 1.165) is 83.5 Å². The monoisotopic (exact) mass is 1020 g/mol. The number of hydrogen-bond donors (Lipinski definition) is 0. The third-order valence-electron chi connectivity index (χ3n) is 14.6. The molecule has 0 aromatic heterocycles. The predicted molar refractivity (Wildman–Crippen MR) is 316 cm³/mol. The Labute approximate surface area is 455 Å². The van der Waals surface area contributed by atoms with Gasteiger partial charge in [0.05, 0.1) is 0 Å². The first-order valence-corrected chi connectivity index (χ1v) is 32.5. The van der Waals surface area contributed by atoms with Crippen LogP contribution < -0.4 is 0 Å². The maximum Gasteiger partial charge on any atom is 0.306 e. The van der Waals surface area contributed by atoms with E-state index in [-0.39, 0.29) is 31.1 Å². The number of esters is 3. The summed E-state index contributed by atoms with van der Waals surface area (Å²) in [6.07, 6.45) is 75.9. The molecular weight excluding hydrogens is 901 g/mol. The van der Waals surface area contributed by atoms with Crippen LogP contribution in [0.1, 0.15) is 355 Å². The first-order chi connectivity index (χ1) is 36.0. The third kappa shape index (κ3) is 60.4. The van der Waals surface area contributed by atoms with Crippen LogP contribution >= 0.6 is 0 Å². The number of carbonyl (C=O) groups excluding carboxylic acids is 3. The second-order valence-electron chi connectivity index (χ2n) is 22.0. The molecule has 0 bridgehead atoms. The van der Waals surface area contributed by atoms with E-state index < -0.39 is 6.10 Å². The van der Waals surface area contributed by atoms with Crippen LogP contribution in [0.2, 0.25) is 0 Å². The highest BCUT2D eigenvalue weighted by Crippen LogP contribution is 2.18. The Kier molecular flexibility index (Phi) is 60.2. The summed E-state index contributed by atoms with van der Waals surface area (Å²) in [5, 5.41) is 0. The van der Waals surface area contributed by atoms with Crippen molar-refractivity contribution in [3.05, 3.63) is 36.5 Å². The van der Waals surface area contributed by atoms with Crippen LogP contribution in [0.5, 0.6) is 0 Å². The summed E-state index contributed by atoms with van der Waals surface area (Å²) in [7, 11) is 0. The summed E-state index contributed by atoms with van der Waals surface area (Å²) in [6, 6.07) is 0. The number of allylic oxidation sites excluding steroid dienone is 6. The van der Waals surface area contributed by atoms with E-state index in [1.165, 1.54) is 231 Å². The van der Waals surface area contributed by atoms with E-state index in [4.69, 9.17) is 14.2 Å². The van der Waals surface area contributed by atoms with Gasteiger partial charge < -0.3 is 14.2 Å². The first kappa shape index (κ1) is 70.6. The molecule has 0 aromatic rings. The number of rotatable bonds is 60. The molecule has 0 aromatic carbocycles. The van der Waals surface area contributed by atoms with Crippen molar-refractivity contribution in [3.63, 3.8) is 0 Å². The van der Waals surface area contributed by atoms with Gasteiger partial charge in [-0.2, -0.15) is 0 Å². The predicted octanol–water partition coefficient (Wildman–Crippen LogP) is 22.0. The highest BCUT2D eigenvalue weighted by atomic mass is 16.6. The largest absolute Gasteiger partial charge is 0.462 e. The second kappa shape index (κ2) is 62.2. The number of hydrogen-bond acceptors (Lipinski definition) is 6. The molecule has 6 heteroatoms. The molecule has 6 nitrogen and oxygen atoms in total. The Morgan fingerprint density at radius 3 is 0.822 bits per heavy atom. The van der Waals surface area contributed by atoms with Gasteiger partial charge in [0.25, 0.3) is 0 Å². The van der Waals surface area contributed by atoms with Gasteiger partial charge in [-0.25, -0.2) is 0 Å². The van der Waals surface area contributed by atoms with Crippen LogP contribution in [-0.2, 0) is 28.6 Å². The number of ether oxygens (including phenoxy) is 3. The molecule has 0 saturated carbocycles. The van der Waals surface area contributed by atoms with E-state index in [9.17, 15) is 14.4 Å². The van der Waals surface area contributed by atoms with Gasteiger partial charge >= 0.3 is 17.9 Å². The summed E-state index contributed by atoms with van der Waals surface area (Å²) in [5.41, 5.74) is 0. The van der Waals surface area contributed by atoms with Crippen molar-refractivity contribution in [1.29, 1.82) is 0 Å².